The van der Waals surface area contributed by atoms with E-state index in [0.717, 1.165) is 0 Å². The van der Waals surface area contributed by atoms with Gasteiger partial charge in [0.05, 0.1) is 24.3 Å². The molecule has 0 amide bonds. The van der Waals surface area contributed by atoms with Gasteiger partial charge in [-0.3, -0.25) is 4.79 Å². The quantitative estimate of drug-likeness (QED) is 0.571. The lowest BCUT2D eigenvalue weighted by atomic mass is 10.1. The Morgan fingerprint density at radius 1 is 1.11 bits per heavy atom. The molecule has 8 heteroatoms. The van der Waals surface area contributed by atoms with Crippen molar-refractivity contribution in [3.05, 3.63) is 51.3 Å². The first-order chi connectivity index (χ1) is 12.8. The van der Waals surface area contributed by atoms with Crippen molar-refractivity contribution in [2.24, 2.45) is 0 Å². The average Bonchev–Trinajstić information content (AvgIpc) is 2.94. The van der Waals surface area contributed by atoms with Crippen molar-refractivity contribution in [2.75, 3.05) is 20.3 Å². The van der Waals surface area contributed by atoms with E-state index >= 15 is 0 Å². The van der Waals surface area contributed by atoms with Gasteiger partial charge in [-0.15, -0.1) is 0 Å². The number of nitrogens with one attached hydrogen (secondary N) is 1. The summed E-state index contributed by atoms with van der Waals surface area (Å²) in [6.45, 7) is 4.69. The van der Waals surface area contributed by atoms with E-state index in [9.17, 15) is 14.4 Å². The van der Waals surface area contributed by atoms with Crippen LogP contribution in [-0.4, -0.2) is 43.0 Å². The number of ether oxygens (including phenoxy) is 3. The Labute approximate surface area is 161 Å². The maximum atomic E-state index is 12.4. The van der Waals surface area contributed by atoms with E-state index in [2.05, 4.69) is 4.98 Å². The fraction of sp³-hybridized carbons (Fsp3) is 0.316. The van der Waals surface area contributed by atoms with Crippen LogP contribution in [0.3, 0.4) is 0 Å². The van der Waals surface area contributed by atoms with Gasteiger partial charge < -0.3 is 19.2 Å². The number of aryl methyl sites for hydroxylation is 1. The van der Waals surface area contributed by atoms with E-state index < -0.39 is 24.3 Å². The lowest BCUT2D eigenvalue weighted by molar-refractivity contribution is 0.0473. The highest BCUT2D eigenvalue weighted by Gasteiger charge is 2.24. The van der Waals surface area contributed by atoms with Gasteiger partial charge in [-0.2, -0.15) is 0 Å². The molecule has 0 spiro atoms. The van der Waals surface area contributed by atoms with Gasteiger partial charge in [0.2, 0.25) is 0 Å². The molecule has 0 saturated heterocycles. The van der Waals surface area contributed by atoms with Crippen molar-refractivity contribution in [1.29, 1.82) is 0 Å². The summed E-state index contributed by atoms with van der Waals surface area (Å²) >= 11 is 6.00. The van der Waals surface area contributed by atoms with Crippen LogP contribution in [0.5, 0.6) is 5.75 Å². The molecule has 1 aromatic carbocycles. The largest absolute Gasteiger partial charge is 0.495 e. The predicted molar refractivity (Wildman–Crippen MR) is 98.8 cm³/mol. The van der Waals surface area contributed by atoms with Gasteiger partial charge in [0, 0.05) is 11.3 Å². The molecule has 1 N–H and O–H groups in total. The molecule has 7 nitrogen and oxygen atoms in total. The molecule has 0 fully saturated rings. The Hall–Kier alpha value is -2.80. The second-order valence-electron chi connectivity index (χ2n) is 5.69. The van der Waals surface area contributed by atoms with Crippen molar-refractivity contribution in [1.82, 2.24) is 4.98 Å². The van der Waals surface area contributed by atoms with E-state index in [4.69, 9.17) is 25.8 Å². The van der Waals surface area contributed by atoms with Gasteiger partial charge in [-0.1, -0.05) is 11.6 Å². The van der Waals surface area contributed by atoms with Gasteiger partial charge in [-0.05, 0) is 44.5 Å². The van der Waals surface area contributed by atoms with Crippen LogP contribution in [0.25, 0.3) is 0 Å². The molecule has 0 aliphatic heterocycles. The monoisotopic (exact) mass is 393 g/mol. The summed E-state index contributed by atoms with van der Waals surface area (Å²) in [5.41, 5.74) is 1.56. The first kappa shape index (κ1) is 20.5. The number of ketones is 1. The van der Waals surface area contributed by atoms with Crippen molar-refractivity contribution in [3.63, 3.8) is 0 Å². The highest BCUT2D eigenvalue weighted by molar-refractivity contribution is 6.32. The van der Waals surface area contributed by atoms with Crippen LogP contribution in [0.2, 0.25) is 5.02 Å². The van der Waals surface area contributed by atoms with Crippen molar-refractivity contribution in [2.45, 2.75) is 20.8 Å². The van der Waals surface area contributed by atoms with Gasteiger partial charge >= 0.3 is 11.9 Å². The highest BCUT2D eigenvalue weighted by Crippen LogP contribution is 2.25. The Morgan fingerprint density at radius 2 is 1.81 bits per heavy atom. The molecule has 2 rings (SSSR count). The van der Waals surface area contributed by atoms with Gasteiger partial charge in [0.25, 0.3) is 0 Å². The van der Waals surface area contributed by atoms with Crippen LogP contribution < -0.4 is 4.74 Å². The molecule has 0 unspecified atom stereocenters. The first-order valence-electron chi connectivity index (χ1n) is 8.20. The number of H-pyrrole nitrogens is 1. The van der Waals surface area contributed by atoms with Gasteiger partial charge in [0.1, 0.15) is 11.4 Å². The van der Waals surface area contributed by atoms with Crippen LogP contribution in [0, 0.1) is 13.8 Å². The molecular weight excluding hydrogens is 374 g/mol. The van der Waals surface area contributed by atoms with E-state index in [0.29, 0.717) is 22.6 Å². The fourth-order valence-corrected chi connectivity index (χ4v) is 2.85. The van der Waals surface area contributed by atoms with Crippen LogP contribution in [0.4, 0.5) is 0 Å². The normalized spacial score (nSPS) is 10.4. The van der Waals surface area contributed by atoms with E-state index in [1.165, 1.54) is 19.2 Å². The summed E-state index contributed by atoms with van der Waals surface area (Å²) in [7, 11) is 1.47. The van der Waals surface area contributed by atoms with Crippen LogP contribution in [0.15, 0.2) is 18.2 Å². The minimum absolute atomic E-state index is 0.189. The number of rotatable bonds is 7. The lowest BCUT2D eigenvalue weighted by Crippen LogP contribution is -2.15. The number of aromatic nitrogens is 1. The Bertz CT molecular complexity index is 887. The molecule has 0 radical (unpaired) electrons. The number of carbonyl (C=O) groups excluding carboxylic acids is 3. The number of aromatic amines is 1. The van der Waals surface area contributed by atoms with E-state index in [-0.39, 0.29) is 22.9 Å². The zero-order valence-electron chi connectivity index (χ0n) is 15.5. The topological polar surface area (TPSA) is 94.7 Å². The molecule has 0 bridgehead atoms. The Kier molecular flexibility index (Phi) is 6.63. The standard InChI is InChI=1S/C19H20ClNO6/c1-5-26-19(24)17-10(2)16(11(3)21-17)18(23)27-9-14(22)12-6-7-15(25-4)13(20)8-12/h6-8,21H,5,9H2,1-4H3. The number of esters is 2. The van der Waals surface area contributed by atoms with Crippen LogP contribution in [-0.2, 0) is 9.47 Å². The van der Waals surface area contributed by atoms with Gasteiger partial charge in [-0.25, -0.2) is 9.59 Å². The summed E-state index contributed by atoms with van der Waals surface area (Å²) in [5.74, 6) is -1.23. The number of benzene rings is 1. The Balaban J connectivity index is 2.11. The number of methoxy groups -OCH3 is 1. The summed E-state index contributed by atoms with van der Waals surface area (Å²) in [5, 5.41) is 0.283. The van der Waals surface area contributed by atoms with Crippen molar-refractivity contribution in [3.8, 4) is 5.75 Å². The molecule has 0 saturated carbocycles. The Morgan fingerprint density at radius 3 is 2.41 bits per heavy atom. The summed E-state index contributed by atoms with van der Waals surface area (Å²) in [4.78, 5) is 39.4. The zero-order chi connectivity index (χ0) is 20.1. The number of hydrogen-bond acceptors (Lipinski definition) is 6. The third-order valence-corrected chi connectivity index (χ3v) is 4.22. The summed E-state index contributed by atoms with van der Waals surface area (Å²) in [6.07, 6.45) is 0. The molecule has 1 heterocycles. The van der Waals surface area contributed by atoms with E-state index in [1.807, 2.05) is 0 Å². The van der Waals surface area contributed by atoms with Crippen LogP contribution in [0.1, 0.15) is 49.4 Å². The fourth-order valence-electron chi connectivity index (χ4n) is 2.59. The number of carbonyl (C=O) groups is 3. The third kappa shape index (κ3) is 4.49. The molecule has 27 heavy (non-hydrogen) atoms. The molecule has 0 atom stereocenters. The summed E-state index contributed by atoms with van der Waals surface area (Å²) < 4.78 is 15.1. The maximum Gasteiger partial charge on any atom is 0.355 e. The predicted octanol–water partition coefficient (Wildman–Crippen LogP) is 3.51. The number of hydrogen-bond donors (Lipinski definition) is 1. The van der Waals surface area contributed by atoms with Gasteiger partial charge in [0.15, 0.2) is 12.4 Å². The third-order valence-electron chi connectivity index (χ3n) is 3.93. The minimum Gasteiger partial charge on any atom is -0.495 e. The van der Waals surface area contributed by atoms with Crippen molar-refractivity contribution >= 4 is 29.3 Å². The van der Waals surface area contributed by atoms with Crippen LogP contribution >= 0.6 is 11.6 Å². The molecule has 0 aliphatic carbocycles. The zero-order valence-corrected chi connectivity index (χ0v) is 16.2. The second kappa shape index (κ2) is 8.73. The first-order valence-corrected chi connectivity index (χ1v) is 8.58. The SMILES string of the molecule is CCOC(=O)c1[nH]c(C)c(C(=O)OCC(=O)c2ccc(OC)c(Cl)c2)c1C. The summed E-state index contributed by atoms with van der Waals surface area (Å²) in [6, 6.07) is 4.54. The lowest BCUT2D eigenvalue weighted by Gasteiger charge is -2.07. The number of halogens is 1. The maximum absolute atomic E-state index is 12.4. The molecule has 0 aliphatic rings. The minimum atomic E-state index is -0.704. The molecule has 1 aromatic heterocycles. The molecular formula is C19H20ClNO6. The van der Waals surface area contributed by atoms with Crippen molar-refractivity contribution < 1.29 is 28.6 Å². The molecule has 144 valence electrons. The molecule has 2 aromatic rings. The smallest absolute Gasteiger partial charge is 0.355 e. The average molecular weight is 394 g/mol. The van der Waals surface area contributed by atoms with E-state index in [1.54, 1.807) is 26.8 Å². The highest BCUT2D eigenvalue weighted by atomic mass is 35.5. The number of Topliss-reactive ketones (excluding diaryl/α,β-unsaturated/α-hetero) is 1. The second-order valence-corrected chi connectivity index (χ2v) is 6.10.